The number of aliphatic hydroxyl groups excluding tert-OH is 1. The lowest BCUT2D eigenvalue weighted by molar-refractivity contribution is -0.0188. The molecule has 2 rings (SSSR count). The van der Waals surface area contributed by atoms with Crippen molar-refractivity contribution in [2.24, 2.45) is 0 Å². The minimum absolute atomic E-state index is 0.593. The Morgan fingerprint density at radius 1 is 1.35 bits per heavy atom. The van der Waals surface area contributed by atoms with Gasteiger partial charge < -0.3 is 20.1 Å². The van der Waals surface area contributed by atoms with Crippen molar-refractivity contribution in [1.29, 1.82) is 0 Å². The molecule has 1 aromatic rings. The van der Waals surface area contributed by atoms with Crippen LogP contribution in [0.5, 0.6) is 5.75 Å². The molecule has 1 aliphatic heterocycles. The number of nitrogens with one attached hydrogen (secondary N) is 1. The zero-order chi connectivity index (χ0) is 12.1. The first-order valence-corrected chi connectivity index (χ1v) is 6.20. The van der Waals surface area contributed by atoms with Crippen LogP contribution < -0.4 is 15.0 Å². The second kappa shape index (κ2) is 5.89. The summed E-state index contributed by atoms with van der Waals surface area (Å²) in [5, 5.41) is 12.9. The molecule has 0 aromatic heterocycles. The predicted molar refractivity (Wildman–Crippen MR) is 68.5 cm³/mol. The summed E-state index contributed by atoms with van der Waals surface area (Å²) < 4.78 is 5.54. The van der Waals surface area contributed by atoms with E-state index in [1.807, 2.05) is 31.2 Å². The largest absolute Gasteiger partial charge is 0.463 e. The molecule has 0 bridgehead atoms. The van der Waals surface area contributed by atoms with Crippen molar-refractivity contribution in [1.82, 2.24) is 5.32 Å². The molecule has 94 valence electrons. The molecule has 2 N–H and O–H groups in total. The van der Waals surface area contributed by atoms with Gasteiger partial charge in [0.15, 0.2) is 6.29 Å². The second-order valence-electron chi connectivity index (χ2n) is 4.19. The van der Waals surface area contributed by atoms with Crippen molar-refractivity contribution in [2.45, 2.75) is 19.6 Å². The van der Waals surface area contributed by atoms with Crippen LogP contribution in [0.25, 0.3) is 0 Å². The number of hydrogen-bond acceptors (Lipinski definition) is 4. The minimum atomic E-state index is -0.723. The lowest BCUT2D eigenvalue weighted by Crippen LogP contribution is -2.43. The van der Waals surface area contributed by atoms with Crippen molar-refractivity contribution < 1.29 is 9.84 Å². The first kappa shape index (κ1) is 12.2. The van der Waals surface area contributed by atoms with E-state index in [9.17, 15) is 5.11 Å². The Labute approximate surface area is 102 Å². The zero-order valence-corrected chi connectivity index (χ0v) is 10.2. The van der Waals surface area contributed by atoms with Gasteiger partial charge in [-0.25, -0.2) is 0 Å². The van der Waals surface area contributed by atoms with E-state index in [-0.39, 0.29) is 0 Å². The van der Waals surface area contributed by atoms with Gasteiger partial charge in [-0.2, -0.15) is 0 Å². The van der Waals surface area contributed by atoms with Gasteiger partial charge in [-0.05, 0) is 12.1 Å². The zero-order valence-electron chi connectivity index (χ0n) is 10.2. The van der Waals surface area contributed by atoms with E-state index in [4.69, 9.17) is 4.74 Å². The molecule has 1 heterocycles. The quantitative estimate of drug-likeness (QED) is 0.771. The van der Waals surface area contributed by atoms with Crippen LogP contribution in [0.2, 0.25) is 0 Å². The van der Waals surface area contributed by atoms with Gasteiger partial charge in [0.05, 0.1) is 5.69 Å². The highest BCUT2D eigenvalue weighted by atomic mass is 16.6. The molecule has 1 atom stereocenters. The number of ether oxygens (including phenoxy) is 1. The first-order valence-electron chi connectivity index (χ1n) is 6.20. The molecule has 1 fully saturated rings. The summed E-state index contributed by atoms with van der Waals surface area (Å²) in [6.45, 7) is 5.83. The fourth-order valence-corrected chi connectivity index (χ4v) is 1.95. The van der Waals surface area contributed by atoms with E-state index in [1.54, 1.807) is 0 Å². The second-order valence-corrected chi connectivity index (χ2v) is 4.19. The third-order valence-corrected chi connectivity index (χ3v) is 2.94. The lowest BCUT2D eigenvalue weighted by atomic mass is 10.2. The van der Waals surface area contributed by atoms with E-state index in [0.717, 1.165) is 37.6 Å². The van der Waals surface area contributed by atoms with E-state index < -0.39 is 6.29 Å². The summed E-state index contributed by atoms with van der Waals surface area (Å²) in [4.78, 5) is 2.29. The Balaban J connectivity index is 2.14. The highest BCUT2D eigenvalue weighted by molar-refractivity contribution is 5.58. The van der Waals surface area contributed by atoms with Crippen LogP contribution in [0.1, 0.15) is 13.3 Å². The Morgan fingerprint density at radius 3 is 2.76 bits per heavy atom. The van der Waals surface area contributed by atoms with Crippen LogP contribution >= 0.6 is 0 Å². The summed E-state index contributed by atoms with van der Waals surface area (Å²) in [6, 6.07) is 7.89. The van der Waals surface area contributed by atoms with Gasteiger partial charge in [0, 0.05) is 32.6 Å². The standard InChI is InChI=1S/C13H20N2O2/c1-2-13(16)17-12-6-4-3-5-11(12)15-9-7-14-8-10-15/h3-6,13-14,16H,2,7-10H2,1H3. The number of aliphatic hydroxyl groups is 1. The Hall–Kier alpha value is -1.26. The maximum atomic E-state index is 9.58. The summed E-state index contributed by atoms with van der Waals surface area (Å²) in [5.41, 5.74) is 1.07. The average Bonchev–Trinajstić information content (AvgIpc) is 2.40. The molecule has 1 unspecified atom stereocenters. The van der Waals surface area contributed by atoms with Crippen molar-refractivity contribution in [3.63, 3.8) is 0 Å². The van der Waals surface area contributed by atoms with E-state index in [1.165, 1.54) is 0 Å². The molecule has 0 aliphatic carbocycles. The Kier molecular flexibility index (Phi) is 4.23. The van der Waals surface area contributed by atoms with Gasteiger partial charge in [0.25, 0.3) is 0 Å². The summed E-state index contributed by atoms with van der Waals surface area (Å²) in [5.74, 6) is 0.767. The van der Waals surface area contributed by atoms with Crippen LogP contribution in [0.4, 0.5) is 5.69 Å². The van der Waals surface area contributed by atoms with Gasteiger partial charge in [0.2, 0.25) is 0 Å². The third-order valence-electron chi connectivity index (χ3n) is 2.94. The Bertz CT molecular complexity index is 351. The van der Waals surface area contributed by atoms with Crippen molar-refractivity contribution >= 4 is 5.69 Å². The summed E-state index contributed by atoms with van der Waals surface area (Å²) in [7, 11) is 0. The van der Waals surface area contributed by atoms with Gasteiger partial charge in [0.1, 0.15) is 5.75 Å². The normalized spacial score (nSPS) is 17.9. The highest BCUT2D eigenvalue weighted by Gasteiger charge is 2.15. The highest BCUT2D eigenvalue weighted by Crippen LogP contribution is 2.29. The third kappa shape index (κ3) is 3.11. The molecule has 0 radical (unpaired) electrons. The van der Waals surface area contributed by atoms with E-state index in [0.29, 0.717) is 6.42 Å². The fourth-order valence-electron chi connectivity index (χ4n) is 1.95. The number of benzene rings is 1. The van der Waals surface area contributed by atoms with E-state index in [2.05, 4.69) is 10.2 Å². The first-order chi connectivity index (χ1) is 8.31. The van der Waals surface area contributed by atoms with Gasteiger partial charge in [-0.15, -0.1) is 0 Å². The average molecular weight is 236 g/mol. The number of piperazine rings is 1. The lowest BCUT2D eigenvalue weighted by Gasteiger charge is -2.31. The molecule has 1 aliphatic rings. The summed E-state index contributed by atoms with van der Waals surface area (Å²) >= 11 is 0. The summed E-state index contributed by atoms with van der Waals surface area (Å²) in [6.07, 6.45) is -0.130. The maximum Gasteiger partial charge on any atom is 0.197 e. The van der Waals surface area contributed by atoms with Crippen LogP contribution in [0.15, 0.2) is 24.3 Å². The van der Waals surface area contributed by atoms with Crippen molar-refractivity contribution in [2.75, 3.05) is 31.1 Å². The van der Waals surface area contributed by atoms with Crippen LogP contribution in [0, 0.1) is 0 Å². The van der Waals surface area contributed by atoms with Crippen molar-refractivity contribution in [3.8, 4) is 5.75 Å². The van der Waals surface area contributed by atoms with Crippen molar-refractivity contribution in [3.05, 3.63) is 24.3 Å². The molecule has 4 heteroatoms. The monoisotopic (exact) mass is 236 g/mol. The SMILES string of the molecule is CCC(O)Oc1ccccc1N1CCNCC1. The molecule has 1 aromatic carbocycles. The minimum Gasteiger partial charge on any atom is -0.463 e. The molecule has 4 nitrogen and oxygen atoms in total. The smallest absolute Gasteiger partial charge is 0.197 e. The fraction of sp³-hybridized carbons (Fsp3) is 0.538. The molecule has 1 saturated heterocycles. The number of para-hydroxylation sites is 2. The molecule has 17 heavy (non-hydrogen) atoms. The number of rotatable bonds is 4. The molecular formula is C13H20N2O2. The van der Waals surface area contributed by atoms with Gasteiger partial charge >= 0.3 is 0 Å². The number of hydrogen-bond donors (Lipinski definition) is 2. The number of nitrogens with zero attached hydrogens (tertiary/aromatic N) is 1. The molecule has 0 spiro atoms. The van der Waals surface area contributed by atoms with Gasteiger partial charge in [-0.1, -0.05) is 19.1 Å². The van der Waals surface area contributed by atoms with E-state index >= 15 is 0 Å². The predicted octanol–water partition coefficient (Wildman–Crippen LogP) is 1.20. The maximum absolute atomic E-state index is 9.58. The number of anilines is 1. The molecular weight excluding hydrogens is 216 g/mol. The Morgan fingerprint density at radius 2 is 2.06 bits per heavy atom. The van der Waals surface area contributed by atoms with Crippen LogP contribution in [-0.4, -0.2) is 37.6 Å². The molecule has 0 saturated carbocycles. The van der Waals surface area contributed by atoms with Crippen LogP contribution in [0.3, 0.4) is 0 Å². The van der Waals surface area contributed by atoms with Crippen LogP contribution in [-0.2, 0) is 0 Å². The molecule has 0 amide bonds. The topological polar surface area (TPSA) is 44.7 Å². The van der Waals surface area contributed by atoms with Gasteiger partial charge in [-0.3, -0.25) is 0 Å².